The van der Waals surface area contributed by atoms with E-state index in [9.17, 15) is 0 Å². The molecule has 0 saturated carbocycles. The predicted molar refractivity (Wildman–Crippen MR) is 132 cm³/mol. The summed E-state index contributed by atoms with van der Waals surface area (Å²) in [7, 11) is 0. The van der Waals surface area contributed by atoms with Crippen LogP contribution < -0.4 is 4.90 Å². The average molecular weight is 615 g/mol. The number of nitrogens with zero attached hydrogens (tertiary/aromatic N) is 2. The zero-order valence-electron chi connectivity index (χ0n) is 18.3. The summed E-state index contributed by atoms with van der Waals surface area (Å²) in [6.45, 7) is 0. The van der Waals surface area contributed by atoms with Crippen molar-refractivity contribution >= 4 is 17.2 Å². The molecule has 3 heteroatoms. The number of hydrogen-bond acceptors (Lipinski definition) is 2. The smallest absolute Gasteiger partial charge is 0.130 e. The number of benzene rings is 4. The van der Waals surface area contributed by atoms with Crippen molar-refractivity contribution in [2.24, 2.45) is 0 Å². The van der Waals surface area contributed by atoms with Crippen LogP contribution in [0.5, 0.6) is 0 Å². The zero-order chi connectivity index (χ0) is 21.8. The summed E-state index contributed by atoms with van der Waals surface area (Å²) in [4.78, 5) is 7.51. The Bertz CT molecular complexity index is 1400. The molecule has 0 radical (unpaired) electrons. The summed E-state index contributed by atoms with van der Waals surface area (Å²) in [6.07, 6.45) is 1.80. The summed E-state index contributed by atoms with van der Waals surface area (Å²) in [5, 5.41) is 0. The molecular weight excluding hydrogens is 595 g/mol. The van der Waals surface area contributed by atoms with Crippen molar-refractivity contribution in [1.29, 1.82) is 0 Å². The van der Waals surface area contributed by atoms with Gasteiger partial charge in [-0.05, 0) is 34.5 Å². The summed E-state index contributed by atoms with van der Waals surface area (Å²) >= 11 is 0. The maximum absolute atomic E-state index is 5.18. The molecule has 1 aromatic heterocycles. The summed E-state index contributed by atoms with van der Waals surface area (Å²) in [6, 6.07) is 41.9. The normalized spacial score (nSPS) is 12.8. The first-order valence-corrected chi connectivity index (χ1v) is 11.3. The largest absolute Gasteiger partial charge is 0.314 e. The van der Waals surface area contributed by atoms with Gasteiger partial charge in [-0.15, -0.1) is 53.6 Å². The Morgan fingerprint density at radius 1 is 0.618 bits per heavy atom. The van der Waals surface area contributed by atoms with Crippen LogP contribution in [0.4, 0.5) is 17.2 Å². The summed E-state index contributed by atoms with van der Waals surface area (Å²) < 4.78 is 0. The minimum Gasteiger partial charge on any atom is -0.314 e. The van der Waals surface area contributed by atoms with E-state index in [2.05, 4.69) is 77.7 Å². The van der Waals surface area contributed by atoms with Gasteiger partial charge in [0.05, 0.1) is 5.69 Å². The number of rotatable bonds is 2. The fourth-order valence-corrected chi connectivity index (χ4v) is 5.03. The molecule has 5 aromatic rings. The number of pyridine rings is 1. The first-order valence-electron chi connectivity index (χ1n) is 11.3. The Labute approximate surface area is 214 Å². The van der Waals surface area contributed by atoms with E-state index in [0.29, 0.717) is 0 Å². The third-order valence-corrected chi connectivity index (χ3v) is 6.57. The van der Waals surface area contributed by atoms with Gasteiger partial charge in [-0.1, -0.05) is 30.3 Å². The Morgan fingerprint density at radius 2 is 1.32 bits per heavy atom. The van der Waals surface area contributed by atoms with E-state index in [1.165, 1.54) is 27.9 Å². The van der Waals surface area contributed by atoms with E-state index in [1.54, 1.807) is 0 Å². The first kappa shape index (κ1) is 21.1. The standard InChI is InChI=1S/C31H19N2.Pt/c1-3-8-21(9-4-1)23-14-15-24-18-25-12-7-13-26-19-27-16-17-28(22-10-5-2-6-11-22)32-31(27)33(30(25)26)29(24)20-23;/h1-8,10,12-17H,18-19H2;/q-3;. The zero-order valence-corrected chi connectivity index (χ0v) is 20.6. The van der Waals surface area contributed by atoms with Gasteiger partial charge in [0.1, 0.15) is 5.82 Å². The molecule has 0 fully saturated rings. The molecule has 166 valence electrons. The first-order chi connectivity index (χ1) is 16.3. The molecule has 2 nitrogen and oxygen atoms in total. The van der Waals surface area contributed by atoms with Crippen molar-refractivity contribution in [3.63, 3.8) is 0 Å². The molecule has 0 spiro atoms. The second-order valence-electron chi connectivity index (χ2n) is 8.59. The quantitative estimate of drug-likeness (QED) is 0.193. The molecule has 3 heterocycles. The van der Waals surface area contributed by atoms with E-state index in [4.69, 9.17) is 4.98 Å². The molecule has 2 aliphatic rings. The predicted octanol–water partition coefficient (Wildman–Crippen LogP) is 7.09. The van der Waals surface area contributed by atoms with Gasteiger partial charge in [0, 0.05) is 27.5 Å². The number of para-hydroxylation sites is 1. The molecule has 0 bridgehead atoms. The van der Waals surface area contributed by atoms with Crippen LogP contribution in [-0.4, -0.2) is 4.98 Å². The van der Waals surface area contributed by atoms with Gasteiger partial charge in [0.2, 0.25) is 0 Å². The third kappa shape index (κ3) is 3.33. The van der Waals surface area contributed by atoms with Crippen LogP contribution in [0.15, 0.2) is 91.0 Å². The van der Waals surface area contributed by atoms with Crippen LogP contribution in [0.2, 0.25) is 0 Å². The van der Waals surface area contributed by atoms with Gasteiger partial charge in [-0.2, -0.15) is 36.4 Å². The fourth-order valence-electron chi connectivity index (χ4n) is 5.03. The van der Waals surface area contributed by atoms with Crippen molar-refractivity contribution in [1.82, 2.24) is 4.98 Å². The van der Waals surface area contributed by atoms with Gasteiger partial charge >= 0.3 is 0 Å². The second-order valence-corrected chi connectivity index (χ2v) is 8.59. The molecule has 4 aromatic carbocycles. The molecule has 2 aliphatic heterocycles. The summed E-state index contributed by atoms with van der Waals surface area (Å²) in [5.74, 6) is 0.996. The van der Waals surface area contributed by atoms with Gasteiger partial charge in [0.25, 0.3) is 0 Å². The molecule has 34 heavy (non-hydrogen) atoms. The Morgan fingerprint density at radius 3 is 2.06 bits per heavy atom. The van der Waals surface area contributed by atoms with Crippen LogP contribution >= 0.6 is 0 Å². The Kier molecular flexibility index (Phi) is 5.20. The van der Waals surface area contributed by atoms with Crippen molar-refractivity contribution in [3.8, 4) is 22.4 Å². The molecule has 7 rings (SSSR count). The molecular formula is C31H19N2Pt-3. The number of fused-ring (bicyclic) bond motifs is 4. The maximum atomic E-state index is 5.18. The maximum Gasteiger partial charge on any atom is 0.130 e. The van der Waals surface area contributed by atoms with Crippen molar-refractivity contribution in [2.75, 3.05) is 4.90 Å². The third-order valence-electron chi connectivity index (χ3n) is 6.57. The molecule has 0 saturated heterocycles. The second kappa shape index (κ2) is 8.38. The van der Waals surface area contributed by atoms with Crippen molar-refractivity contribution in [3.05, 3.63) is 131 Å². The van der Waals surface area contributed by atoms with Crippen LogP contribution in [0.25, 0.3) is 22.4 Å². The Balaban J connectivity index is 0.00000217. The summed E-state index contributed by atoms with van der Waals surface area (Å²) in [5.41, 5.74) is 11.6. The van der Waals surface area contributed by atoms with Crippen LogP contribution in [0.3, 0.4) is 0 Å². The van der Waals surface area contributed by atoms with E-state index in [-0.39, 0.29) is 21.1 Å². The van der Waals surface area contributed by atoms with E-state index in [1.807, 2.05) is 36.4 Å². The molecule has 0 amide bonds. The molecule has 0 N–H and O–H groups in total. The Hall–Kier alpha value is -3.48. The van der Waals surface area contributed by atoms with Gasteiger partial charge in [-0.25, -0.2) is 11.1 Å². The average Bonchev–Trinajstić information content (AvgIpc) is 2.89. The van der Waals surface area contributed by atoms with Crippen molar-refractivity contribution in [2.45, 2.75) is 12.8 Å². The van der Waals surface area contributed by atoms with Gasteiger partial charge < -0.3 is 4.90 Å². The SMILES string of the molecule is [Pt].[c-]1ccccc1-c1[c-]c2c(cc1)Cc1cccc3c1N2c1nc(-c2[c-]cccc2)ccc1C3. The van der Waals surface area contributed by atoms with Gasteiger partial charge in [-0.3, -0.25) is 4.98 Å². The van der Waals surface area contributed by atoms with E-state index >= 15 is 0 Å². The topological polar surface area (TPSA) is 16.1 Å². The van der Waals surface area contributed by atoms with Crippen LogP contribution in [-0.2, 0) is 33.9 Å². The monoisotopic (exact) mass is 614 g/mol. The van der Waals surface area contributed by atoms with Crippen molar-refractivity contribution < 1.29 is 21.1 Å². The molecule has 0 aliphatic carbocycles. The molecule has 0 atom stereocenters. The van der Waals surface area contributed by atoms with E-state index in [0.717, 1.165) is 46.7 Å². The minimum atomic E-state index is 0. The fraction of sp³-hybridized carbons (Fsp3) is 0.0645. The van der Waals surface area contributed by atoms with Gasteiger partial charge in [0.15, 0.2) is 0 Å². The van der Waals surface area contributed by atoms with E-state index < -0.39 is 0 Å². The number of hydrogen-bond donors (Lipinski definition) is 0. The van der Waals surface area contributed by atoms with Crippen LogP contribution in [0, 0.1) is 18.2 Å². The number of anilines is 3. The minimum absolute atomic E-state index is 0. The number of aromatic nitrogens is 1. The van der Waals surface area contributed by atoms with Crippen LogP contribution in [0.1, 0.15) is 22.3 Å². The molecule has 0 unspecified atom stereocenters.